The summed E-state index contributed by atoms with van der Waals surface area (Å²) >= 11 is 0. The maximum absolute atomic E-state index is 12.3. The van der Waals surface area contributed by atoms with Gasteiger partial charge in [-0.2, -0.15) is 0 Å². The van der Waals surface area contributed by atoms with Crippen LogP contribution in [-0.4, -0.2) is 24.7 Å². The van der Waals surface area contributed by atoms with Gasteiger partial charge < -0.3 is 14.0 Å². The second-order valence-electron chi connectivity index (χ2n) is 6.19. The zero-order valence-electron chi connectivity index (χ0n) is 13.0. The molecular formula is C15H18BF3O3. The van der Waals surface area contributed by atoms with E-state index in [4.69, 9.17) is 9.31 Å². The molecule has 1 saturated heterocycles. The van der Waals surface area contributed by atoms with Crippen LogP contribution in [0.15, 0.2) is 30.8 Å². The topological polar surface area (TPSA) is 27.7 Å². The minimum atomic E-state index is -4.73. The molecule has 7 heteroatoms. The highest BCUT2D eigenvalue weighted by Gasteiger charge is 2.52. The zero-order chi connectivity index (χ0) is 16.8. The van der Waals surface area contributed by atoms with Gasteiger partial charge in [0.2, 0.25) is 0 Å². The van der Waals surface area contributed by atoms with Crippen molar-refractivity contribution in [1.29, 1.82) is 0 Å². The first kappa shape index (κ1) is 16.9. The largest absolute Gasteiger partial charge is 0.573 e. The lowest BCUT2D eigenvalue weighted by atomic mass is 9.75. The molecule has 0 aliphatic carbocycles. The highest BCUT2D eigenvalue weighted by Crippen LogP contribution is 2.40. The molecule has 120 valence electrons. The van der Waals surface area contributed by atoms with E-state index < -0.39 is 24.7 Å². The minimum Gasteiger partial charge on any atom is -0.406 e. The van der Waals surface area contributed by atoms with Gasteiger partial charge in [0.15, 0.2) is 0 Å². The Kier molecular flexibility index (Phi) is 4.08. The lowest BCUT2D eigenvalue weighted by Gasteiger charge is -2.32. The molecular weight excluding hydrogens is 296 g/mol. The van der Waals surface area contributed by atoms with Gasteiger partial charge in [0, 0.05) is 0 Å². The molecule has 0 spiro atoms. The Morgan fingerprint density at radius 3 is 2.18 bits per heavy atom. The summed E-state index contributed by atoms with van der Waals surface area (Å²) in [5.74, 6) is -0.303. The third-order valence-electron chi connectivity index (χ3n) is 3.98. The molecule has 0 N–H and O–H groups in total. The number of ether oxygens (including phenoxy) is 1. The zero-order valence-corrected chi connectivity index (χ0v) is 13.0. The van der Waals surface area contributed by atoms with Crippen molar-refractivity contribution in [2.75, 3.05) is 0 Å². The molecule has 2 rings (SSSR count). The minimum absolute atomic E-state index is 0.303. The number of hydrogen-bond acceptors (Lipinski definition) is 3. The highest BCUT2D eigenvalue weighted by molar-refractivity contribution is 6.68. The third-order valence-corrected chi connectivity index (χ3v) is 3.98. The van der Waals surface area contributed by atoms with E-state index in [1.54, 1.807) is 6.07 Å². The lowest BCUT2D eigenvalue weighted by Crippen LogP contribution is -2.41. The molecule has 0 atom stereocenters. The summed E-state index contributed by atoms with van der Waals surface area (Å²) < 4.78 is 52.4. The van der Waals surface area contributed by atoms with E-state index in [1.165, 1.54) is 18.2 Å². The fourth-order valence-corrected chi connectivity index (χ4v) is 2.01. The van der Waals surface area contributed by atoms with E-state index in [0.29, 0.717) is 11.0 Å². The molecule has 1 fully saturated rings. The van der Waals surface area contributed by atoms with E-state index in [-0.39, 0.29) is 5.75 Å². The fraction of sp³-hybridized carbons (Fsp3) is 0.467. The first-order valence-corrected chi connectivity index (χ1v) is 6.82. The van der Waals surface area contributed by atoms with Crippen molar-refractivity contribution in [3.8, 4) is 5.75 Å². The molecule has 0 amide bonds. The molecule has 0 radical (unpaired) electrons. The molecule has 1 aliphatic heterocycles. The van der Waals surface area contributed by atoms with Crippen molar-refractivity contribution in [1.82, 2.24) is 0 Å². The van der Waals surface area contributed by atoms with E-state index in [2.05, 4.69) is 11.3 Å². The van der Waals surface area contributed by atoms with Gasteiger partial charge in [0.1, 0.15) is 5.75 Å². The molecule has 0 saturated carbocycles. The van der Waals surface area contributed by atoms with Gasteiger partial charge in [0.25, 0.3) is 0 Å². The first-order valence-electron chi connectivity index (χ1n) is 6.82. The molecule has 0 unspecified atom stereocenters. The number of benzene rings is 1. The quantitative estimate of drug-likeness (QED) is 0.782. The normalized spacial score (nSPS) is 20.0. The lowest BCUT2D eigenvalue weighted by molar-refractivity contribution is -0.274. The predicted octanol–water partition coefficient (Wildman–Crippen LogP) is 4.23. The summed E-state index contributed by atoms with van der Waals surface area (Å²) in [5.41, 5.74) is -0.159. The van der Waals surface area contributed by atoms with E-state index >= 15 is 0 Å². The molecule has 0 bridgehead atoms. The van der Waals surface area contributed by atoms with E-state index in [0.717, 1.165) is 0 Å². The molecule has 1 aliphatic rings. The van der Waals surface area contributed by atoms with Crippen LogP contribution in [0.4, 0.5) is 13.2 Å². The Labute approximate surface area is 128 Å². The Bertz CT molecular complexity index is 566. The van der Waals surface area contributed by atoms with Crippen LogP contribution in [0.3, 0.4) is 0 Å². The van der Waals surface area contributed by atoms with Crippen LogP contribution < -0.4 is 4.74 Å². The van der Waals surface area contributed by atoms with Gasteiger partial charge in [-0.1, -0.05) is 18.7 Å². The van der Waals surface area contributed by atoms with Gasteiger partial charge in [-0.3, -0.25) is 0 Å². The molecule has 1 heterocycles. The fourth-order valence-electron chi connectivity index (χ4n) is 2.01. The first-order chi connectivity index (χ1) is 9.91. The molecule has 0 aromatic heterocycles. The number of hydrogen-bond donors (Lipinski definition) is 0. The molecule has 1 aromatic rings. The standard InChI is InChI=1S/C15H18BF3O3/c1-10(16-21-13(2,3)14(4,5)22-16)11-7-6-8-12(9-11)20-15(17,18)19/h6-9H,1H2,2-5H3. The second-order valence-corrected chi connectivity index (χ2v) is 6.19. The van der Waals surface area contributed by atoms with Crippen LogP contribution in [0.5, 0.6) is 5.75 Å². The SMILES string of the molecule is C=C(B1OC(C)(C)C(C)(C)O1)c1cccc(OC(F)(F)F)c1. The monoisotopic (exact) mass is 314 g/mol. The Balaban J connectivity index is 2.19. The summed E-state index contributed by atoms with van der Waals surface area (Å²) in [7, 11) is -0.717. The van der Waals surface area contributed by atoms with Gasteiger partial charge in [-0.25, -0.2) is 0 Å². The average Bonchev–Trinajstić information content (AvgIpc) is 2.56. The Morgan fingerprint density at radius 2 is 1.68 bits per heavy atom. The van der Waals surface area contributed by atoms with Crippen molar-refractivity contribution >= 4 is 12.6 Å². The van der Waals surface area contributed by atoms with Crippen molar-refractivity contribution in [3.05, 3.63) is 36.4 Å². The summed E-state index contributed by atoms with van der Waals surface area (Å²) in [6.07, 6.45) is -4.73. The van der Waals surface area contributed by atoms with Crippen LogP contribution in [0, 0.1) is 0 Å². The maximum Gasteiger partial charge on any atom is 0.573 e. The van der Waals surface area contributed by atoms with Crippen molar-refractivity contribution in [2.24, 2.45) is 0 Å². The van der Waals surface area contributed by atoms with Crippen LogP contribution in [0.2, 0.25) is 0 Å². The smallest absolute Gasteiger partial charge is 0.406 e. The van der Waals surface area contributed by atoms with Gasteiger partial charge >= 0.3 is 13.5 Å². The van der Waals surface area contributed by atoms with E-state index in [1.807, 2.05) is 27.7 Å². The number of halogens is 3. The van der Waals surface area contributed by atoms with Crippen molar-refractivity contribution in [3.63, 3.8) is 0 Å². The Morgan fingerprint density at radius 1 is 1.14 bits per heavy atom. The number of rotatable bonds is 3. The van der Waals surface area contributed by atoms with E-state index in [9.17, 15) is 13.2 Å². The van der Waals surface area contributed by atoms with Crippen LogP contribution in [0.1, 0.15) is 33.3 Å². The van der Waals surface area contributed by atoms with Crippen molar-refractivity contribution in [2.45, 2.75) is 45.3 Å². The maximum atomic E-state index is 12.3. The van der Waals surface area contributed by atoms with Gasteiger partial charge in [-0.15, -0.1) is 13.2 Å². The second kappa shape index (κ2) is 5.31. The molecule has 1 aromatic carbocycles. The average molecular weight is 314 g/mol. The molecule has 3 nitrogen and oxygen atoms in total. The van der Waals surface area contributed by atoms with Gasteiger partial charge in [-0.05, 0) is 50.9 Å². The molecule has 22 heavy (non-hydrogen) atoms. The summed E-state index contributed by atoms with van der Waals surface area (Å²) in [6.45, 7) is 11.5. The number of alkyl halides is 3. The summed E-state index contributed by atoms with van der Waals surface area (Å²) in [5, 5.41) is 0. The predicted molar refractivity (Wildman–Crippen MR) is 78.2 cm³/mol. The van der Waals surface area contributed by atoms with Crippen molar-refractivity contribution < 1.29 is 27.2 Å². The third kappa shape index (κ3) is 3.47. The summed E-state index contributed by atoms with van der Waals surface area (Å²) in [6, 6.07) is 5.60. The van der Waals surface area contributed by atoms with Gasteiger partial charge in [0.05, 0.1) is 11.2 Å². The van der Waals surface area contributed by atoms with Crippen LogP contribution in [-0.2, 0) is 9.31 Å². The Hall–Kier alpha value is -1.47. The highest BCUT2D eigenvalue weighted by atomic mass is 19.4. The summed E-state index contributed by atoms with van der Waals surface area (Å²) in [4.78, 5) is 0. The van der Waals surface area contributed by atoms with Crippen LogP contribution in [0.25, 0.3) is 5.47 Å². The van der Waals surface area contributed by atoms with Crippen LogP contribution >= 0.6 is 0 Å².